The van der Waals surface area contributed by atoms with Crippen LogP contribution in [0.1, 0.15) is 33.1 Å². The molecule has 0 aromatic carbocycles. The van der Waals surface area contributed by atoms with Crippen LogP contribution in [0.4, 0.5) is 5.82 Å². The lowest BCUT2D eigenvalue weighted by atomic mass is 10.1. The van der Waals surface area contributed by atoms with Crippen LogP contribution in [0.15, 0.2) is 17.2 Å². The Labute approximate surface area is 113 Å². The largest absolute Gasteiger partial charge is 0.393 e. The number of aliphatic hydroxyl groups is 1. The normalized spacial score (nSPS) is 22.9. The van der Waals surface area contributed by atoms with Crippen LogP contribution < -0.4 is 10.9 Å². The minimum Gasteiger partial charge on any atom is -0.393 e. The number of nitrogens with one attached hydrogen (secondary N) is 1. The van der Waals surface area contributed by atoms with E-state index in [1.54, 1.807) is 17.0 Å². The third kappa shape index (κ3) is 3.56. The fourth-order valence-corrected chi connectivity index (χ4v) is 2.59. The lowest BCUT2D eigenvalue weighted by Crippen LogP contribution is -2.29. The molecule has 1 aliphatic rings. The molecule has 5 heteroatoms. The van der Waals surface area contributed by atoms with E-state index in [0.717, 1.165) is 19.3 Å². The third-order valence-corrected chi connectivity index (χ3v) is 3.63. The first-order chi connectivity index (χ1) is 9.08. The number of nitrogens with zero attached hydrogens (tertiary/aromatic N) is 2. The van der Waals surface area contributed by atoms with Gasteiger partial charge in [-0.2, -0.15) is 0 Å². The van der Waals surface area contributed by atoms with Gasteiger partial charge in [-0.3, -0.25) is 4.79 Å². The van der Waals surface area contributed by atoms with Gasteiger partial charge >= 0.3 is 0 Å². The second-order valence-corrected chi connectivity index (χ2v) is 5.77. The molecule has 1 heterocycles. The molecule has 2 rings (SSSR count). The van der Waals surface area contributed by atoms with Crippen molar-refractivity contribution >= 4 is 5.82 Å². The van der Waals surface area contributed by atoms with E-state index in [1.165, 1.54) is 0 Å². The summed E-state index contributed by atoms with van der Waals surface area (Å²) in [6, 6.07) is 0. The molecule has 0 aliphatic heterocycles. The molecule has 0 bridgehead atoms. The highest BCUT2D eigenvalue weighted by Gasteiger charge is 2.25. The van der Waals surface area contributed by atoms with Crippen LogP contribution in [0.5, 0.6) is 0 Å². The lowest BCUT2D eigenvalue weighted by Gasteiger charge is -2.16. The van der Waals surface area contributed by atoms with Crippen LogP contribution in [0.2, 0.25) is 0 Å². The maximum Gasteiger partial charge on any atom is 0.293 e. The zero-order valence-electron chi connectivity index (χ0n) is 11.7. The second kappa shape index (κ2) is 6.19. The summed E-state index contributed by atoms with van der Waals surface area (Å²) in [5.74, 6) is 1.05. The number of anilines is 1. The maximum absolute atomic E-state index is 12.2. The van der Waals surface area contributed by atoms with Gasteiger partial charge in [-0.15, -0.1) is 0 Å². The Kier molecular flexibility index (Phi) is 4.58. The first-order valence-electron chi connectivity index (χ1n) is 7.05. The Balaban J connectivity index is 2.02. The molecule has 0 saturated heterocycles. The smallest absolute Gasteiger partial charge is 0.293 e. The van der Waals surface area contributed by atoms with E-state index < -0.39 is 0 Å². The molecule has 1 aliphatic carbocycles. The topological polar surface area (TPSA) is 67.2 Å². The van der Waals surface area contributed by atoms with Crippen LogP contribution >= 0.6 is 0 Å². The maximum atomic E-state index is 12.2. The van der Waals surface area contributed by atoms with Crippen molar-refractivity contribution in [2.24, 2.45) is 11.8 Å². The molecule has 1 aromatic heterocycles. The van der Waals surface area contributed by atoms with E-state index in [1.807, 2.05) is 0 Å². The van der Waals surface area contributed by atoms with Crippen molar-refractivity contribution in [2.75, 3.05) is 11.9 Å². The Morgan fingerprint density at radius 1 is 1.53 bits per heavy atom. The molecule has 1 aromatic rings. The molecule has 2 atom stereocenters. The van der Waals surface area contributed by atoms with Gasteiger partial charge in [0.25, 0.3) is 5.56 Å². The Morgan fingerprint density at radius 2 is 2.32 bits per heavy atom. The van der Waals surface area contributed by atoms with Gasteiger partial charge in [-0.25, -0.2) is 4.98 Å². The Bertz CT molecular complexity index is 470. The van der Waals surface area contributed by atoms with Crippen molar-refractivity contribution in [3.05, 3.63) is 22.7 Å². The predicted molar refractivity (Wildman–Crippen MR) is 75.2 cm³/mol. The highest BCUT2D eigenvalue weighted by Crippen LogP contribution is 2.25. The molecule has 0 radical (unpaired) electrons. The zero-order chi connectivity index (χ0) is 13.8. The molecule has 5 nitrogen and oxygen atoms in total. The summed E-state index contributed by atoms with van der Waals surface area (Å²) in [4.78, 5) is 16.3. The summed E-state index contributed by atoms with van der Waals surface area (Å²) in [6.07, 6.45) is 6.07. The van der Waals surface area contributed by atoms with Crippen molar-refractivity contribution in [1.82, 2.24) is 9.55 Å². The van der Waals surface area contributed by atoms with Crippen molar-refractivity contribution < 1.29 is 5.11 Å². The molecule has 0 spiro atoms. The summed E-state index contributed by atoms with van der Waals surface area (Å²) in [5.41, 5.74) is -0.0799. The van der Waals surface area contributed by atoms with Crippen molar-refractivity contribution in [3.8, 4) is 0 Å². The monoisotopic (exact) mass is 265 g/mol. The quantitative estimate of drug-likeness (QED) is 0.846. The molecule has 1 fully saturated rings. The fraction of sp³-hybridized carbons (Fsp3) is 0.714. The zero-order valence-corrected chi connectivity index (χ0v) is 11.7. The number of rotatable bonds is 5. The second-order valence-electron chi connectivity index (χ2n) is 5.77. The van der Waals surface area contributed by atoms with Gasteiger partial charge in [0.15, 0.2) is 5.82 Å². The van der Waals surface area contributed by atoms with E-state index in [9.17, 15) is 9.90 Å². The van der Waals surface area contributed by atoms with Crippen LogP contribution in [-0.2, 0) is 6.54 Å². The lowest BCUT2D eigenvalue weighted by molar-refractivity contribution is 0.138. The summed E-state index contributed by atoms with van der Waals surface area (Å²) >= 11 is 0. The molecule has 19 heavy (non-hydrogen) atoms. The van der Waals surface area contributed by atoms with Crippen molar-refractivity contribution in [1.29, 1.82) is 0 Å². The van der Waals surface area contributed by atoms with Gasteiger partial charge in [0.1, 0.15) is 0 Å². The minimum atomic E-state index is -0.242. The highest BCUT2D eigenvalue weighted by molar-refractivity contribution is 5.30. The summed E-state index contributed by atoms with van der Waals surface area (Å²) in [5, 5.41) is 12.9. The fourth-order valence-electron chi connectivity index (χ4n) is 2.59. The van der Waals surface area contributed by atoms with Gasteiger partial charge in [0.2, 0.25) is 0 Å². The first-order valence-corrected chi connectivity index (χ1v) is 7.05. The van der Waals surface area contributed by atoms with E-state index in [-0.39, 0.29) is 17.6 Å². The Morgan fingerprint density at radius 3 is 2.95 bits per heavy atom. The summed E-state index contributed by atoms with van der Waals surface area (Å²) < 4.78 is 1.69. The SMILES string of the molecule is CC(C)Cn1ccnc(NCC2CCCC2O)c1=O. The Hall–Kier alpha value is -1.36. The van der Waals surface area contributed by atoms with Crippen molar-refractivity contribution in [2.45, 2.75) is 45.8 Å². The van der Waals surface area contributed by atoms with Gasteiger partial charge in [-0.1, -0.05) is 20.3 Å². The molecule has 1 saturated carbocycles. The molecule has 106 valence electrons. The molecular formula is C14H23N3O2. The van der Waals surface area contributed by atoms with E-state index >= 15 is 0 Å². The number of aromatic nitrogens is 2. The van der Waals surface area contributed by atoms with Crippen LogP contribution in [0.25, 0.3) is 0 Å². The first kappa shape index (κ1) is 14.1. The molecule has 0 amide bonds. The van der Waals surface area contributed by atoms with Crippen LogP contribution in [-0.4, -0.2) is 27.3 Å². The molecular weight excluding hydrogens is 242 g/mol. The van der Waals surface area contributed by atoms with Crippen molar-refractivity contribution in [3.63, 3.8) is 0 Å². The minimum absolute atomic E-state index is 0.0799. The summed E-state index contributed by atoms with van der Waals surface area (Å²) in [6.45, 7) is 5.47. The number of hydrogen-bond acceptors (Lipinski definition) is 4. The van der Waals surface area contributed by atoms with E-state index in [4.69, 9.17) is 0 Å². The number of aliphatic hydroxyl groups excluding tert-OH is 1. The van der Waals surface area contributed by atoms with Gasteiger partial charge in [0, 0.05) is 31.4 Å². The standard InChI is InChI=1S/C14H23N3O2/c1-10(2)9-17-7-6-15-13(14(17)19)16-8-11-4-3-5-12(11)18/h6-7,10-12,18H,3-5,8-9H2,1-2H3,(H,15,16). The van der Waals surface area contributed by atoms with Gasteiger partial charge in [-0.05, 0) is 18.8 Å². The predicted octanol–water partition coefficient (Wildman–Crippen LogP) is 1.47. The van der Waals surface area contributed by atoms with Crippen LogP contribution in [0, 0.1) is 11.8 Å². The van der Waals surface area contributed by atoms with E-state index in [2.05, 4.69) is 24.1 Å². The highest BCUT2D eigenvalue weighted by atomic mass is 16.3. The molecule has 2 N–H and O–H groups in total. The van der Waals surface area contributed by atoms with Gasteiger partial charge in [0.05, 0.1) is 6.10 Å². The average molecular weight is 265 g/mol. The average Bonchev–Trinajstić information content (AvgIpc) is 2.76. The van der Waals surface area contributed by atoms with E-state index in [0.29, 0.717) is 24.8 Å². The number of hydrogen-bond donors (Lipinski definition) is 2. The summed E-state index contributed by atoms with van der Waals surface area (Å²) in [7, 11) is 0. The third-order valence-electron chi connectivity index (χ3n) is 3.63. The van der Waals surface area contributed by atoms with Crippen LogP contribution in [0.3, 0.4) is 0 Å². The molecule has 2 unspecified atom stereocenters. The van der Waals surface area contributed by atoms with Gasteiger partial charge < -0.3 is 15.0 Å².